The van der Waals surface area contributed by atoms with Gasteiger partial charge in [0.15, 0.2) is 0 Å². The summed E-state index contributed by atoms with van der Waals surface area (Å²) in [6.45, 7) is 5.26. The first kappa shape index (κ1) is 16.1. The Hall–Kier alpha value is -1.76. The van der Waals surface area contributed by atoms with Crippen molar-refractivity contribution in [3.05, 3.63) is 48.0 Å². The van der Waals surface area contributed by atoms with Gasteiger partial charge in [-0.05, 0) is 18.9 Å². The van der Waals surface area contributed by atoms with Crippen molar-refractivity contribution in [2.45, 2.75) is 32.4 Å². The van der Waals surface area contributed by atoms with Gasteiger partial charge in [0.1, 0.15) is 19.4 Å². The zero-order chi connectivity index (χ0) is 16.3. The Bertz CT molecular complexity index is 607. The van der Waals surface area contributed by atoms with E-state index in [-0.39, 0.29) is 12.8 Å². The number of aromatic nitrogens is 3. The minimum Gasteiger partial charge on any atom is -0.390 e. The highest BCUT2D eigenvalue weighted by Gasteiger charge is 2.41. The van der Waals surface area contributed by atoms with Gasteiger partial charge < -0.3 is 14.6 Å². The lowest BCUT2D eigenvalue weighted by Gasteiger charge is -2.40. The summed E-state index contributed by atoms with van der Waals surface area (Å²) in [5.41, 5.74) is 1.89. The van der Waals surface area contributed by atoms with Gasteiger partial charge in [0.05, 0.1) is 25.4 Å². The normalized spacial score (nSPS) is 20.1. The van der Waals surface area contributed by atoms with Crippen LogP contribution in [-0.4, -0.2) is 46.0 Å². The molecule has 0 bridgehead atoms. The number of aliphatic hydroxyl groups excluding tert-OH is 1. The Morgan fingerprint density at radius 1 is 1.26 bits per heavy atom. The average Bonchev–Trinajstić information content (AvgIpc) is 3.08. The van der Waals surface area contributed by atoms with Crippen molar-refractivity contribution in [1.29, 1.82) is 0 Å². The van der Waals surface area contributed by atoms with Crippen LogP contribution in [0.5, 0.6) is 0 Å². The fourth-order valence-electron chi connectivity index (χ4n) is 2.99. The van der Waals surface area contributed by atoms with E-state index in [0.717, 1.165) is 5.56 Å². The van der Waals surface area contributed by atoms with E-state index >= 15 is 0 Å². The maximum absolute atomic E-state index is 11.0. The van der Waals surface area contributed by atoms with Gasteiger partial charge in [-0.1, -0.05) is 36.8 Å². The quantitative estimate of drug-likeness (QED) is 0.910. The molecule has 2 atom stereocenters. The molecule has 23 heavy (non-hydrogen) atoms. The summed E-state index contributed by atoms with van der Waals surface area (Å²) in [4.78, 5) is 4.03. The summed E-state index contributed by atoms with van der Waals surface area (Å²) in [5, 5.41) is 15.3. The minimum atomic E-state index is -0.661. The van der Waals surface area contributed by atoms with Crippen molar-refractivity contribution in [1.82, 2.24) is 14.8 Å². The van der Waals surface area contributed by atoms with E-state index in [0.29, 0.717) is 19.6 Å². The van der Waals surface area contributed by atoms with Crippen molar-refractivity contribution < 1.29 is 14.6 Å². The smallest absolute Gasteiger partial charge is 0.146 e. The van der Waals surface area contributed by atoms with Crippen LogP contribution < -0.4 is 0 Å². The molecule has 1 saturated heterocycles. The summed E-state index contributed by atoms with van der Waals surface area (Å²) in [7, 11) is 0. The number of aryl methyl sites for hydroxylation is 1. The topological polar surface area (TPSA) is 69.4 Å². The first-order valence-electron chi connectivity index (χ1n) is 7.82. The van der Waals surface area contributed by atoms with Crippen LogP contribution >= 0.6 is 0 Å². The number of nitrogens with zero attached hydrogens (tertiary/aromatic N) is 3. The second-order valence-corrected chi connectivity index (χ2v) is 6.55. The maximum Gasteiger partial charge on any atom is 0.146 e. The summed E-state index contributed by atoms with van der Waals surface area (Å²) in [6, 6.07) is 8.10. The molecule has 1 aromatic carbocycles. The Morgan fingerprint density at radius 2 is 1.96 bits per heavy atom. The lowest BCUT2D eigenvalue weighted by Crippen LogP contribution is -2.48. The van der Waals surface area contributed by atoms with Crippen molar-refractivity contribution in [2.75, 3.05) is 20.0 Å². The Kier molecular flexibility index (Phi) is 4.75. The van der Waals surface area contributed by atoms with Crippen LogP contribution in [0.25, 0.3) is 0 Å². The number of ether oxygens (including phenoxy) is 2. The van der Waals surface area contributed by atoms with Crippen LogP contribution in [0.2, 0.25) is 0 Å². The Labute approximate surface area is 136 Å². The van der Waals surface area contributed by atoms with Gasteiger partial charge in [0.25, 0.3) is 0 Å². The first-order valence-corrected chi connectivity index (χ1v) is 7.82. The average molecular weight is 317 g/mol. The number of rotatable bonds is 5. The third kappa shape index (κ3) is 3.60. The summed E-state index contributed by atoms with van der Waals surface area (Å²) in [5.74, 6) is 0. The van der Waals surface area contributed by atoms with Crippen LogP contribution in [-0.2, 0) is 15.9 Å². The van der Waals surface area contributed by atoms with Crippen molar-refractivity contribution >= 4 is 0 Å². The largest absolute Gasteiger partial charge is 0.390 e. The van der Waals surface area contributed by atoms with Crippen LogP contribution in [0, 0.1) is 12.3 Å². The third-order valence-electron chi connectivity index (χ3n) is 4.45. The molecule has 6 heteroatoms. The molecule has 2 heterocycles. The highest BCUT2D eigenvalue weighted by atomic mass is 16.7. The molecule has 0 saturated carbocycles. The lowest BCUT2D eigenvalue weighted by molar-refractivity contribution is -0.196. The van der Waals surface area contributed by atoms with E-state index in [1.807, 2.05) is 6.92 Å². The second-order valence-electron chi connectivity index (χ2n) is 6.55. The van der Waals surface area contributed by atoms with Gasteiger partial charge in [-0.15, -0.1) is 0 Å². The molecule has 1 aliphatic heterocycles. The third-order valence-corrected chi connectivity index (χ3v) is 4.45. The van der Waals surface area contributed by atoms with Gasteiger partial charge in [0, 0.05) is 5.41 Å². The number of benzene rings is 1. The molecule has 124 valence electrons. The van der Waals surface area contributed by atoms with E-state index in [4.69, 9.17) is 9.47 Å². The molecule has 2 aromatic rings. The van der Waals surface area contributed by atoms with Gasteiger partial charge in [-0.25, -0.2) is 9.67 Å². The number of hydrogen-bond donors (Lipinski definition) is 1. The number of aliphatic hydroxyl groups is 1. The molecular formula is C17H23N3O3. The van der Waals surface area contributed by atoms with Gasteiger partial charge >= 0.3 is 0 Å². The molecule has 0 radical (unpaired) electrons. The van der Waals surface area contributed by atoms with Gasteiger partial charge in [-0.2, -0.15) is 5.10 Å². The standard InChI is InChI=1S/C17H23N3O3/c1-13-3-5-14(6-4-13)7-15(20-11-18-10-19-20)16(21)17(2)8-22-12-23-9-17/h3-6,10-11,15-16,21H,7-9,12H2,1-2H3. The highest BCUT2D eigenvalue weighted by molar-refractivity contribution is 5.22. The van der Waals surface area contributed by atoms with Crippen LogP contribution in [0.1, 0.15) is 24.1 Å². The molecule has 1 N–H and O–H groups in total. The predicted octanol–water partition coefficient (Wildman–Crippen LogP) is 1.74. The Balaban J connectivity index is 1.85. The molecule has 0 amide bonds. The zero-order valence-corrected chi connectivity index (χ0v) is 13.6. The summed E-state index contributed by atoms with van der Waals surface area (Å²) >= 11 is 0. The monoisotopic (exact) mass is 317 g/mol. The molecule has 6 nitrogen and oxygen atoms in total. The van der Waals surface area contributed by atoms with Crippen LogP contribution in [0.15, 0.2) is 36.9 Å². The van der Waals surface area contributed by atoms with Crippen molar-refractivity contribution in [2.24, 2.45) is 5.41 Å². The molecule has 0 aliphatic carbocycles. The van der Waals surface area contributed by atoms with E-state index in [1.54, 1.807) is 11.0 Å². The SMILES string of the molecule is Cc1ccc(CC(C(O)C2(C)COCOC2)n2cncn2)cc1. The lowest BCUT2D eigenvalue weighted by atomic mass is 9.80. The van der Waals surface area contributed by atoms with Gasteiger partial charge in [-0.3, -0.25) is 0 Å². The molecular weight excluding hydrogens is 294 g/mol. The fourth-order valence-corrected chi connectivity index (χ4v) is 2.99. The van der Waals surface area contributed by atoms with Crippen LogP contribution in [0.4, 0.5) is 0 Å². The summed E-state index contributed by atoms with van der Waals surface area (Å²) in [6.07, 6.45) is 3.15. The minimum absolute atomic E-state index is 0.226. The first-order chi connectivity index (χ1) is 11.1. The van der Waals surface area contributed by atoms with E-state index in [1.165, 1.54) is 11.9 Å². The maximum atomic E-state index is 11.0. The molecule has 1 fully saturated rings. The number of hydrogen-bond acceptors (Lipinski definition) is 5. The molecule has 1 aromatic heterocycles. The van der Waals surface area contributed by atoms with Crippen LogP contribution in [0.3, 0.4) is 0 Å². The van der Waals surface area contributed by atoms with Crippen molar-refractivity contribution in [3.8, 4) is 0 Å². The summed E-state index contributed by atoms with van der Waals surface area (Å²) < 4.78 is 12.6. The van der Waals surface area contributed by atoms with E-state index in [2.05, 4.69) is 41.3 Å². The van der Waals surface area contributed by atoms with E-state index < -0.39 is 11.5 Å². The Morgan fingerprint density at radius 3 is 2.57 bits per heavy atom. The highest BCUT2D eigenvalue weighted by Crippen LogP contribution is 2.33. The molecule has 2 unspecified atom stereocenters. The fraction of sp³-hybridized carbons (Fsp3) is 0.529. The zero-order valence-electron chi connectivity index (χ0n) is 13.6. The molecule has 1 aliphatic rings. The van der Waals surface area contributed by atoms with Crippen molar-refractivity contribution in [3.63, 3.8) is 0 Å². The molecule has 3 rings (SSSR count). The predicted molar refractivity (Wildman–Crippen MR) is 84.8 cm³/mol. The van der Waals surface area contributed by atoms with E-state index in [9.17, 15) is 5.11 Å². The van der Waals surface area contributed by atoms with Gasteiger partial charge in [0.2, 0.25) is 0 Å². The second kappa shape index (κ2) is 6.78. The molecule has 0 spiro atoms.